The number of carbonyl (C=O) groups is 1. The molecule has 0 atom stereocenters. The van der Waals surface area contributed by atoms with E-state index in [0.717, 1.165) is 25.7 Å². The van der Waals surface area contributed by atoms with Gasteiger partial charge in [-0.05, 0) is 25.0 Å². The minimum Gasteiger partial charge on any atom is -0.458 e. The number of hydrogen-bond acceptors (Lipinski definition) is 3. The first-order chi connectivity index (χ1) is 11.0. The molecule has 0 aliphatic carbocycles. The van der Waals surface area contributed by atoms with E-state index in [2.05, 4.69) is 0 Å². The number of Topliss-reactive ketones (excluding diaryl/α,β-unsaturated/α-hetero) is 1. The van der Waals surface area contributed by atoms with E-state index in [1.165, 1.54) is 12.1 Å². The topological polar surface area (TPSA) is 47.3 Å². The summed E-state index contributed by atoms with van der Waals surface area (Å²) in [7, 11) is 0. The Labute approximate surface area is 145 Å². The molecular weight excluding hydrogens is 335 g/mol. The summed E-state index contributed by atoms with van der Waals surface area (Å²) in [5, 5.41) is 0.903. The Bertz CT molecular complexity index is 778. The molecule has 1 aromatic carbocycles. The molecule has 0 aliphatic heterocycles. The van der Waals surface area contributed by atoms with E-state index in [0.29, 0.717) is 29.2 Å². The van der Waals surface area contributed by atoms with Gasteiger partial charge in [-0.2, -0.15) is 0 Å². The van der Waals surface area contributed by atoms with Crippen molar-refractivity contribution in [3.63, 3.8) is 0 Å². The molecule has 1 aromatic heterocycles. The van der Waals surface area contributed by atoms with Crippen LogP contribution in [0, 0.1) is 0 Å². The molecule has 23 heavy (non-hydrogen) atoms. The molecule has 0 N–H and O–H groups in total. The summed E-state index contributed by atoms with van der Waals surface area (Å²) in [4.78, 5) is 25.3. The number of aryl methyl sites for hydroxylation is 1. The van der Waals surface area contributed by atoms with Crippen molar-refractivity contribution in [3.05, 3.63) is 43.7 Å². The van der Waals surface area contributed by atoms with E-state index in [9.17, 15) is 9.59 Å². The van der Waals surface area contributed by atoms with Crippen LogP contribution in [0.4, 0.5) is 0 Å². The van der Waals surface area contributed by atoms with Gasteiger partial charge in [0, 0.05) is 17.9 Å². The summed E-state index contributed by atoms with van der Waals surface area (Å²) in [6.07, 6.45) is 4.33. The van der Waals surface area contributed by atoms with Crippen LogP contribution in [0.15, 0.2) is 21.3 Å². The van der Waals surface area contributed by atoms with Crippen LogP contribution in [0.2, 0.25) is 10.0 Å². The molecule has 0 saturated carbocycles. The zero-order valence-electron chi connectivity index (χ0n) is 13.4. The molecule has 2 rings (SSSR count). The van der Waals surface area contributed by atoms with Crippen LogP contribution in [0.5, 0.6) is 0 Å². The average Bonchev–Trinajstić information content (AvgIpc) is 2.51. The van der Waals surface area contributed by atoms with Gasteiger partial charge in [0.15, 0.2) is 11.4 Å². The van der Waals surface area contributed by atoms with Gasteiger partial charge in [0.05, 0.1) is 10.4 Å². The van der Waals surface area contributed by atoms with E-state index < -0.39 is 0 Å². The summed E-state index contributed by atoms with van der Waals surface area (Å²) in [5.74, 6) is 0.277. The second kappa shape index (κ2) is 7.98. The summed E-state index contributed by atoms with van der Waals surface area (Å²) in [5.41, 5.74) is 0.139. The second-order valence-corrected chi connectivity index (χ2v) is 6.47. The smallest absolute Gasteiger partial charge is 0.203 e. The monoisotopic (exact) mass is 354 g/mol. The van der Waals surface area contributed by atoms with Gasteiger partial charge in [0.2, 0.25) is 5.43 Å². The maximum Gasteiger partial charge on any atom is 0.203 e. The predicted molar refractivity (Wildman–Crippen MR) is 95.0 cm³/mol. The lowest BCUT2D eigenvalue weighted by molar-refractivity contribution is 0.0975. The molecule has 1 heterocycles. The normalized spacial score (nSPS) is 11.1. The molecule has 3 nitrogen and oxygen atoms in total. The fraction of sp³-hybridized carbons (Fsp3) is 0.444. The minimum atomic E-state index is -0.331. The van der Waals surface area contributed by atoms with Gasteiger partial charge in [0.1, 0.15) is 11.3 Å². The van der Waals surface area contributed by atoms with Gasteiger partial charge in [-0.25, -0.2) is 0 Å². The van der Waals surface area contributed by atoms with Crippen molar-refractivity contribution >= 4 is 40.0 Å². The second-order valence-electron chi connectivity index (χ2n) is 5.62. The molecule has 0 radical (unpaired) electrons. The molecule has 0 fully saturated rings. The lowest BCUT2D eigenvalue weighted by atomic mass is 10.00. The van der Waals surface area contributed by atoms with Crippen LogP contribution in [-0.4, -0.2) is 5.78 Å². The Morgan fingerprint density at radius 1 is 1.13 bits per heavy atom. The quantitative estimate of drug-likeness (QED) is 0.588. The highest BCUT2D eigenvalue weighted by molar-refractivity contribution is 6.38. The summed E-state index contributed by atoms with van der Waals surface area (Å²) in [6, 6.07) is 3.05. The van der Waals surface area contributed by atoms with Gasteiger partial charge in [-0.3, -0.25) is 9.59 Å². The molecular formula is C18H20Cl2O3. The van der Waals surface area contributed by atoms with Crippen LogP contribution < -0.4 is 5.43 Å². The fourth-order valence-corrected chi connectivity index (χ4v) is 3.06. The summed E-state index contributed by atoms with van der Waals surface area (Å²) in [6.45, 7) is 4.05. The highest BCUT2D eigenvalue weighted by Gasteiger charge is 2.21. The Morgan fingerprint density at radius 2 is 1.83 bits per heavy atom. The molecule has 124 valence electrons. The molecule has 0 bridgehead atoms. The van der Waals surface area contributed by atoms with Crippen LogP contribution >= 0.6 is 23.2 Å². The Kier molecular flexibility index (Phi) is 6.25. The van der Waals surface area contributed by atoms with Crippen molar-refractivity contribution in [3.8, 4) is 0 Å². The molecule has 0 spiro atoms. The lowest BCUT2D eigenvalue weighted by Crippen LogP contribution is -2.19. The van der Waals surface area contributed by atoms with Gasteiger partial charge >= 0.3 is 0 Å². The number of rotatable bonds is 7. The Hall–Kier alpha value is -1.32. The van der Waals surface area contributed by atoms with Crippen LogP contribution in [-0.2, 0) is 6.42 Å². The van der Waals surface area contributed by atoms with Gasteiger partial charge in [0.25, 0.3) is 0 Å². The van der Waals surface area contributed by atoms with Crippen LogP contribution in [0.3, 0.4) is 0 Å². The molecule has 2 aromatic rings. The molecule has 0 unspecified atom stereocenters. The third kappa shape index (κ3) is 3.96. The van der Waals surface area contributed by atoms with Gasteiger partial charge in [-0.1, -0.05) is 49.9 Å². The van der Waals surface area contributed by atoms with Gasteiger partial charge in [-0.15, -0.1) is 0 Å². The highest BCUT2D eigenvalue weighted by atomic mass is 35.5. The Morgan fingerprint density at radius 3 is 2.48 bits per heavy atom. The molecule has 0 aliphatic rings. The largest absolute Gasteiger partial charge is 0.458 e. The van der Waals surface area contributed by atoms with E-state index in [1.807, 2.05) is 13.8 Å². The maximum atomic E-state index is 12.8. The molecule has 5 heteroatoms. The number of fused-ring (bicyclic) bond motifs is 1. The number of unbranched alkanes of at least 4 members (excludes halogenated alkanes) is 2. The maximum absolute atomic E-state index is 12.8. The third-order valence-corrected chi connectivity index (χ3v) is 4.28. The number of hydrogen-bond donors (Lipinski definition) is 0. The van der Waals surface area contributed by atoms with Crippen molar-refractivity contribution in [2.24, 2.45) is 0 Å². The predicted octanol–water partition coefficient (Wildman–Crippen LogP) is 5.82. The minimum absolute atomic E-state index is 0.162. The number of halogens is 2. The van der Waals surface area contributed by atoms with E-state index in [1.54, 1.807) is 0 Å². The average molecular weight is 355 g/mol. The zero-order chi connectivity index (χ0) is 17.0. The van der Waals surface area contributed by atoms with Crippen LogP contribution in [0.25, 0.3) is 11.0 Å². The Balaban J connectivity index is 2.68. The van der Waals surface area contributed by atoms with Crippen molar-refractivity contribution in [1.29, 1.82) is 0 Å². The number of ketones is 1. The zero-order valence-corrected chi connectivity index (χ0v) is 14.9. The molecule has 0 saturated heterocycles. The SMILES string of the molecule is CCCCC(=O)c1c(CCCC)oc2c(Cl)cc(Cl)cc2c1=O. The van der Waals surface area contributed by atoms with E-state index in [4.69, 9.17) is 27.6 Å². The summed E-state index contributed by atoms with van der Waals surface area (Å²) >= 11 is 12.1. The fourth-order valence-electron chi connectivity index (χ4n) is 2.53. The van der Waals surface area contributed by atoms with Gasteiger partial charge < -0.3 is 4.42 Å². The van der Waals surface area contributed by atoms with E-state index in [-0.39, 0.29) is 27.2 Å². The van der Waals surface area contributed by atoms with Crippen molar-refractivity contribution in [2.45, 2.75) is 52.4 Å². The number of carbonyl (C=O) groups excluding carboxylic acids is 1. The van der Waals surface area contributed by atoms with E-state index >= 15 is 0 Å². The van der Waals surface area contributed by atoms with Crippen LogP contribution in [0.1, 0.15) is 62.1 Å². The summed E-state index contributed by atoms with van der Waals surface area (Å²) < 4.78 is 5.85. The third-order valence-electron chi connectivity index (χ3n) is 3.78. The van der Waals surface area contributed by atoms with Crippen molar-refractivity contribution in [1.82, 2.24) is 0 Å². The highest BCUT2D eigenvalue weighted by Crippen LogP contribution is 2.28. The first-order valence-electron chi connectivity index (χ1n) is 7.97. The first-order valence-corrected chi connectivity index (χ1v) is 8.73. The van der Waals surface area contributed by atoms with Crippen molar-refractivity contribution in [2.75, 3.05) is 0 Å². The lowest BCUT2D eigenvalue weighted by Gasteiger charge is -2.10. The van der Waals surface area contributed by atoms with Crippen molar-refractivity contribution < 1.29 is 9.21 Å². The first kappa shape index (κ1) is 18.0. The standard InChI is InChI=1S/C18H20Cl2O3/c1-3-5-7-14(21)16-15(8-6-4-2)23-18-12(17(16)22)9-11(19)10-13(18)20/h9-10H,3-8H2,1-2H3. The number of benzene rings is 1. The molecule has 0 amide bonds.